The fraction of sp³-hybridized carbons (Fsp3) is 0.278. The second-order valence-electron chi connectivity index (χ2n) is 6.28. The molecule has 0 bridgehead atoms. The van der Waals surface area contributed by atoms with E-state index in [1.54, 1.807) is 12.6 Å². The number of hydrogen-bond acceptors (Lipinski definition) is 6. The van der Waals surface area contributed by atoms with Gasteiger partial charge in [0.05, 0.1) is 12.6 Å². The van der Waals surface area contributed by atoms with Crippen LogP contribution in [0.5, 0.6) is 0 Å². The smallest absolute Gasteiger partial charge is 0.229 e. The molecule has 3 aromatic rings. The number of aryl methyl sites for hydroxylation is 1. The van der Waals surface area contributed by atoms with Crippen LogP contribution in [0.4, 0.5) is 17.5 Å². The average molecular weight is 371 g/mol. The number of rotatable bonds is 5. The van der Waals surface area contributed by atoms with Crippen LogP contribution in [0.1, 0.15) is 20.3 Å². The Morgan fingerprint density at radius 1 is 1.35 bits per heavy atom. The summed E-state index contributed by atoms with van der Waals surface area (Å²) in [5, 5.41) is 7.22. The summed E-state index contributed by atoms with van der Waals surface area (Å²) < 4.78 is 7.61. The first-order chi connectivity index (χ1) is 12.6. The highest BCUT2D eigenvalue weighted by Gasteiger charge is 2.28. The van der Waals surface area contributed by atoms with Crippen molar-refractivity contribution in [3.8, 4) is 0 Å². The lowest BCUT2D eigenvalue weighted by atomic mass is 10.2. The van der Waals surface area contributed by atoms with Gasteiger partial charge in [0.2, 0.25) is 5.95 Å². The highest BCUT2D eigenvalue weighted by Crippen LogP contribution is 2.28. The van der Waals surface area contributed by atoms with Crippen molar-refractivity contribution in [2.24, 2.45) is 0 Å². The van der Waals surface area contributed by atoms with Gasteiger partial charge in [0, 0.05) is 23.7 Å². The topological polar surface area (TPSA) is 76.9 Å². The molecule has 0 radical (unpaired) electrons. The molecule has 1 aliphatic rings. The first-order valence-corrected chi connectivity index (χ1v) is 8.80. The third kappa shape index (κ3) is 3.17. The Hall–Kier alpha value is -2.80. The second-order valence-corrected chi connectivity index (χ2v) is 6.72. The normalized spacial score (nSPS) is 18.9. The molecule has 7 nitrogen and oxygen atoms in total. The van der Waals surface area contributed by atoms with Gasteiger partial charge in [0.1, 0.15) is 0 Å². The molecule has 1 aliphatic heterocycles. The van der Waals surface area contributed by atoms with Crippen molar-refractivity contribution < 1.29 is 4.74 Å². The third-order valence-corrected chi connectivity index (χ3v) is 4.43. The van der Waals surface area contributed by atoms with Gasteiger partial charge in [-0.05, 0) is 38.1 Å². The van der Waals surface area contributed by atoms with Crippen LogP contribution in [-0.4, -0.2) is 25.2 Å². The number of benzene rings is 1. The van der Waals surface area contributed by atoms with Gasteiger partial charge in [-0.2, -0.15) is 9.97 Å². The van der Waals surface area contributed by atoms with Crippen molar-refractivity contribution in [2.75, 3.05) is 10.6 Å². The molecule has 134 valence electrons. The second kappa shape index (κ2) is 6.49. The molecule has 2 N–H and O–H groups in total. The standard InChI is InChI=1S/C18H19ClN6O/c1-3-25-11-20-14-15(21-13-7-4-6-12(19)10-13)22-17(23-16(14)25)24-18(2)8-5-9-26-18/h4-7,9-11H,3,8H2,1-2H3,(H2,21,22,23,24). The largest absolute Gasteiger partial charge is 0.476 e. The quantitative estimate of drug-likeness (QED) is 0.697. The van der Waals surface area contributed by atoms with Crippen molar-refractivity contribution in [1.82, 2.24) is 19.5 Å². The number of hydrogen-bond donors (Lipinski definition) is 2. The maximum atomic E-state index is 6.09. The number of halogens is 1. The number of anilines is 3. The van der Waals surface area contributed by atoms with Gasteiger partial charge in [-0.25, -0.2) is 4.98 Å². The number of nitrogens with zero attached hydrogens (tertiary/aromatic N) is 4. The Kier molecular flexibility index (Phi) is 4.16. The molecule has 2 aromatic heterocycles. The van der Waals surface area contributed by atoms with E-state index in [4.69, 9.17) is 16.3 Å². The highest BCUT2D eigenvalue weighted by atomic mass is 35.5. The average Bonchev–Trinajstić information content (AvgIpc) is 3.21. The SMILES string of the molecule is CCn1cnc2c(Nc3cccc(Cl)c3)nc(NC3(C)CC=CO3)nc21. The minimum Gasteiger partial charge on any atom is -0.476 e. The van der Waals surface area contributed by atoms with Crippen molar-refractivity contribution in [3.63, 3.8) is 0 Å². The van der Waals surface area contributed by atoms with Crippen molar-refractivity contribution in [3.05, 3.63) is 48.0 Å². The van der Waals surface area contributed by atoms with E-state index >= 15 is 0 Å². The van der Waals surface area contributed by atoms with E-state index in [9.17, 15) is 0 Å². The summed E-state index contributed by atoms with van der Waals surface area (Å²) >= 11 is 6.09. The Bertz CT molecular complexity index is 975. The van der Waals surface area contributed by atoms with Gasteiger partial charge in [-0.1, -0.05) is 17.7 Å². The van der Waals surface area contributed by atoms with Gasteiger partial charge in [0.25, 0.3) is 0 Å². The molecule has 0 saturated heterocycles. The van der Waals surface area contributed by atoms with Crippen molar-refractivity contribution in [1.29, 1.82) is 0 Å². The summed E-state index contributed by atoms with van der Waals surface area (Å²) in [5.74, 6) is 1.09. The number of aromatic nitrogens is 4. The highest BCUT2D eigenvalue weighted by molar-refractivity contribution is 6.30. The summed E-state index contributed by atoms with van der Waals surface area (Å²) in [5.41, 5.74) is 1.73. The summed E-state index contributed by atoms with van der Waals surface area (Å²) in [6.07, 6.45) is 6.15. The molecule has 4 rings (SSSR count). The molecular formula is C18H19ClN6O. The molecule has 1 atom stereocenters. The molecule has 0 aliphatic carbocycles. The minimum absolute atomic E-state index is 0.475. The van der Waals surface area contributed by atoms with Gasteiger partial charge >= 0.3 is 0 Å². The molecule has 26 heavy (non-hydrogen) atoms. The van der Waals surface area contributed by atoms with Crippen LogP contribution < -0.4 is 10.6 Å². The van der Waals surface area contributed by atoms with E-state index < -0.39 is 5.72 Å². The predicted molar refractivity (Wildman–Crippen MR) is 103 cm³/mol. The van der Waals surface area contributed by atoms with Crippen molar-refractivity contribution in [2.45, 2.75) is 32.5 Å². The van der Waals surface area contributed by atoms with Gasteiger partial charge in [-0.3, -0.25) is 0 Å². The van der Waals surface area contributed by atoms with E-state index in [-0.39, 0.29) is 0 Å². The van der Waals surface area contributed by atoms with Crippen LogP contribution in [-0.2, 0) is 11.3 Å². The molecule has 0 saturated carbocycles. The minimum atomic E-state index is -0.557. The number of ether oxygens (including phenoxy) is 1. The Balaban J connectivity index is 1.75. The first kappa shape index (κ1) is 16.7. The third-order valence-electron chi connectivity index (χ3n) is 4.20. The molecule has 0 fully saturated rings. The van der Waals surface area contributed by atoms with Crippen LogP contribution in [0.3, 0.4) is 0 Å². The van der Waals surface area contributed by atoms with E-state index in [1.165, 1.54) is 0 Å². The van der Waals surface area contributed by atoms with Gasteiger partial charge < -0.3 is 19.9 Å². The van der Waals surface area contributed by atoms with Crippen LogP contribution >= 0.6 is 11.6 Å². The summed E-state index contributed by atoms with van der Waals surface area (Å²) in [6.45, 7) is 4.77. The summed E-state index contributed by atoms with van der Waals surface area (Å²) in [7, 11) is 0. The fourth-order valence-electron chi connectivity index (χ4n) is 2.86. The zero-order valence-electron chi connectivity index (χ0n) is 14.5. The maximum Gasteiger partial charge on any atom is 0.229 e. The monoisotopic (exact) mass is 370 g/mol. The van der Waals surface area contributed by atoms with E-state index in [0.717, 1.165) is 24.3 Å². The van der Waals surface area contributed by atoms with E-state index in [0.29, 0.717) is 22.3 Å². The zero-order chi connectivity index (χ0) is 18.1. The summed E-state index contributed by atoms with van der Waals surface area (Å²) in [4.78, 5) is 13.7. The van der Waals surface area contributed by atoms with Gasteiger partial charge in [-0.15, -0.1) is 0 Å². The summed E-state index contributed by atoms with van der Waals surface area (Å²) in [6, 6.07) is 7.47. The molecule has 8 heteroatoms. The van der Waals surface area contributed by atoms with Crippen LogP contribution in [0.15, 0.2) is 42.9 Å². The zero-order valence-corrected chi connectivity index (χ0v) is 15.3. The van der Waals surface area contributed by atoms with E-state index in [2.05, 4.69) is 25.6 Å². The van der Waals surface area contributed by atoms with Crippen LogP contribution in [0, 0.1) is 0 Å². The Morgan fingerprint density at radius 2 is 2.23 bits per heavy atom. The lowest BCUT2D eigenvalue weighted by Gasteiger charge is -2.25. The molecule has 1 aromatic carbocycles. The number of imidazole rings is 1. The van der Waals surface area contributed by atoms with Crippen LogP contribution in [0.2, 0.25) is 5.02 Å². The molecule has 3 heterocycles. The van der Waals surface area contributed by atoms with Gasteiger partial charge in [0.15, 0.2) is 22.7 Å². The maximum absolute atomic E-state index is 6.09. The molecular weight excluding hydrogens is 352 g/mol. The number of nitrogens with one attached hydrogen (secondary N) is 2. The Labute approximate surface area is 156 Å². The predicted octanol–water partition coefficient (Wildman–Crippen LogP) is 4.31. The fourth-order valence-corrected chi connectivity index (χ4v) is 3.05. The van der Waals surface area contributed by atoms with Crippen molar-refractivity contribution >= 4 is 40.2 Å². The molecule has 1 unspecified atom stereocenters. The molecule has 0 spiro atoms. The number of fused-ring (bicyclic) bond motifs is 1. The van der Waals surface area contributed by atoms with Crippen LogP contribution in [0.25, 0.3) is 11.2 Å². The lowest BCUT2D eigenvalue weighted by molar-refractivity contribution is 0.0912. The first-order valence-electron chi connectivity index (χ1n) is 8.43. The lowest BCUT2D eigenvalue weighted by Crippen LogP contribution is -2.34. The molecule has 0 amide bonds. The Morgan fingerprint density at radius 3 is 2.96 bits per heavy atom. The van der Waals surface area contributed by atoms with E-state index in [1.807, 2.05) is 48.8 Å².